The van der Waals surface area contributed by atoms with Crippen molar-refractivity contribution in [3.05, 3.63) is 88.1 Å². The molecule has 0 aliphatic heterocycles. The van der Waals surface area contributed by atoms with Gasteiger partial charge in [-0.05, 0) is 24.3 Å². The predicted octanol–water partition coefficient (Wildman–Crippen LogP) is 3.73. The first-order chi connectivity index (χ1) is 14.5. The first-order valence-corrected chi connectivity index (χ1v) is 8.80. The van der Waals surface area contributed by atoms with Gasteiger partial charge >= 0.3 is 5.97 Å². The molecule has 2 N–H and O–H groups in total. The quantitative estimate of drug-likeness (QED) is 0.272. The normalized spacial score (nSPS) is 11.2. The maximum absolute atomic E-state index is 11.0. The van der Waals surface area contributed by atoms with E-state index in [4.69, 9.17) is 9.52 Å². The van der Waals surface area contributed by atoms with Crippen LogP contribution >= 0.6 is 0 Å². The monoisotopic (exact) mass is 405 g/mol. The van der Waals surface area contributed by atoms with Gasteiger partial charge in [0.1, 0.15) is 17.8 Å². The number of hydrogen-bond acceptors (Lipinski definition) is 7. The van der Waals surface area contributed by atoms with Gasteiger partial charge in [-0.1, -0.05) is 18.2 Å². The third-order valence-corrected chi connectivity index (χ3v) is 4.36. The Morgan fingerprint density at radius 2 is 2.10 bits per heavy atom. The molecular weight excluding hydrogens is 390 g/mol. The van der Waals surface area contributed by atoms with E-state index in [0.717, 1.165) is 22.7 Å². The third-order valence-electron chi connectivity index (χ3n) is 4.36. The highest BCUT2D eigenvalue weighted by molar-refractivity contribution is 5.99. The second-order valence-electron chi connectivity index (χ2n) is 6.33. The van der Waals surface area contributed by atoms with Crippen LogP contribution in [-0.4, -0.2) is 31.8 Å². The average Bonchev–Trinajstić information content (AvgIpc) is 3.34. The number of fused-ring (bicyclic) bond motifs is 1. The number of aromatic nitrogens is 2. The van der Waals surface area contributed by atoms with Gasteiger partial charge < -0.3 is 14.1 Å². The number of furan rings is 1. The van der Waals surface area contributed by atoms with Crippen molar-refractivity contribution in [2.45, 2.75) is 6.54 Å². The van der Waals surface area contributed by atoms with Gasteiger partial charge in [-0.3, -0.25) is 15.5 Å². The van der Waals surface area contributed by atoms with Crippen LogP contribution in [0.4, 0.5) is 11.5 Å². The number of carboxylic acid groups (broad SMARTS) is 1. The lowest BCUT2D eigenvalue weighted by atomic mass is 10.2. The highest BCUT2D eigenvalue weighted by atomic mass is 16.6. The molecule has 10 heteroatoms. The summed E-state index contributed by atoms with van der Waals surface area (Å²) < 4.78 is 7.29. The molecule has 10 nitrogen and oxygen atoms in total. The molecule has 0 unspecified atom stereocenters. The third kappa shape index (κ3) is 3.87. The summed E-state index contributed by atoms with van der Waals surface area (Å²) in [5.41, 5.74) is 4.40. The molecule has 0 saturated carbocycles. The summed E-state index contributed by atoms with van der Waals surface area (Å²) >= 11 is 0. The van der Waals surface area contributed by atoms with Crippen LogP contribution in [0.3, 0.4) is 0 Å². The largest absolute Gasteiger partial charge is 0.475 e. The minimum Gasteiger partial charge on any atom is -0.475 e. The first kappa shape index (κ1) is 18.9. The summed E-state index contributed by atoms with van der Waals surface area (Å²) in [5, 5.41) is 24.8. The van der Waals surface area contributed by atoms with Gasteiger partial charge in [-0.15, -0.1) is 0 Å². The Hall–Kier alpha value is -4.47. The Labute approximate surface area is 169 Å². The fourth-order valence-corrected chi connectivity index (χ4v) is 2.98. The van der Waals surface area contributed by atoms with Crippen molar-refractivity contribution in [1.29, 1.82) is 0 Å². The van der Waals surface area contributed by atoms with E-state index in [9.17, 15) is 14.9 Å². The van der Waals surface area contributed by atoms with Crippen LogP contribution in [0.2, 0.25) is 0 Å². The van der Waals surface area contributed by atoms with E-state index in [-0.39, 0.29) is 11.4 Å². The van der Waals surface area contributed by atoms with Crippen LogP contribution in [0.15, 0.2) is 70.4 Å². The maximum atomic E-state index is 11.0. The van der Waals surface area contributed by atoms with Gasteiger partial charge in [-0.25, -0.2) is 9.78 Å². The van der Waals surface area contributed by atoms with Crippen LogP contribution in [0, 0.1) is 10.1 Å². The average molecular weight is 405 g/mol. The molecule has 3 heterocycles. The van der Waals surface area contributed by atoms with Gasteiger partial charge in [0.15, 0.2) is 0 Å². The Bertz CT molecular complexity index is 1260. The number of nitrogens with one attached hydrogen (secondary N) is 1. The van der Waals surface area contributed by atoms with E-state index in [1.54, 1.807) is 12.3 Å². The predicted molar refractivity (Wildman–Crippen MR) is 109 cm³/mol. The Kier molecular flexibility index (Phi) is 4.95. The zero-order valence-electron chi connectivity index (χ0n) is 15.4. The molecule has 4 rings (SSSR count). The molecule has 0 fully saturated rings. The summed E-state index contributed by atoms with van der Waals surface area (Å²) in [6, 6.07) is 13.6. The summed E-state index contributed by atoms with van der Waals surface area (Å²) in [6.07, 6.45) is 4.65. The van der Waals surface area contributed by atoms with E-state index in [1.807, 2.05) is 35.0 Å². The van der Waals surface area contributed by atoms with Crippen molar-refractivity contribution in [1.82, 2.24) is 9.55 Å². The SMILES string of the molecule is O=C(O)c1ccc(Cn2cc(/C=N\Nc3ccc([N+](=O)[O-])cn3)c3ccccc32)o1. The summed E-state index contributed by atoms with van der Waals surface area (Å²) in [4.78, 5) is 25.1. The lowest BCUT2D eigenvalue weighted by molar-refractivity contribution is -0.385. The van der Waals surface area contributed by atoms with Gasteiger partial charge in [0.25, 0.3) is 5.69 Å². The zero-order valence-corrected chi connectivity index (χ0v) is 15.4. The van der Waals surface area contributed by atoms with Gasteiger partial charge in [0.05, 0.1) is 17.7 Å². The number of para-hydroxylation sites is 1. The van der Waals surface area contributed by atoms with E-state index >= 15 is 0 Å². The Morgan fingerprint density at radius 3 is 2.80 bits per heavy atom. The number of rotatable bonds is 7. The van der Waals surface area contributed by atoms with Crippen LogP contribution in [-0.2, 0) is 6.54 Å². The van der Waals surface area contributed by atoms with Crippen molar-refractivity contribution < 1.29 is 19.2 Å². The summed E-state index contributed by atoms with van der Waals surface area (Å²) in [7, 11) is 0. The first-order valence-electron chi connectivity index (χ1n) is 8.80. The molecule has 4 aromatic rings. The molecule has 0 amide bonds. The molecule has 0 spiro atoms. The standard InChI is InChI=1S/C20H15N5O5/c26-20(27)18-7-6-15(30-18)12-24-11-13(16-3-1-2-4-17(16)24)9-22-23-19-8-5-14(10-21-19)25(28)29/h1-11H,12H2,(H,21,23)(H,26,27)/b22-9-. The Balaban J connectivity index is 1.56. The lowest BCUT2D eigenvalue weighted by Gasteiger charge is -2.02. The van der Waals surface area contributed by atoms with Gasteiger partial charge in [0, 0.05) is 28.7 Å². The Morgan fingerprint density at radius 1 is 1.27 bits per heavy atom. The number of benzene rings is 1. The number of hydrazone groups is 1. The van der Waals surface area contributed by atoms with E-state index in [1.165, 1.54) is 18.2 Å². The zero-order chi connectivity index (χ0) is 21.1. The van der Waals surface area contributed by atoms with E-state index < -0.39 is 10.9 Å². The minimum atomic E-state index is -1.11. The number of hydrogen-bond donors (Lipinski definition) is 2. The second-order valence-corrected chi connectivity index (χ2v) is 6.33. The second kappa shape index (κ2) is 7.87. The molecule has 0 saturated heterocycles. The molecule has 0 bridgehead atoms. The fraction of sp³-hybridized carbons (Fsp3) is 0.0500. The van der Waals surface area contributed by atoms with Crippen molar-refractivity contribution in [2.24, 2.45) is 5.10 Å². The van der Waals surface area contributed by atoms with Gasteiger partial charge in [-0.2, -0.15) is 5.10 Å². The van der Waals surface area contributed by atoms with Crippen molar-refractivity contribution in [3.63, 3.8) is 0 Å². The number of pyridine rings is 1. The number of nitro groups is 1. The molecule has 0 radical (unpaired) electrons. The molecule has 30 heavy (non-hydrogen) atoms. The smallest absolute Gasteiger partial charge is 0.371 e. The summed E-state index contributed by atoms with van der Waals surface area (Å²) in [6.45, 7) is 0.360. The van der Waals surface area contributed by atoms with Gasteiger partial charge in [0.2, 0.25) is 5.76 Å². The molecule has 0 aliphatic carbocycles. The molecule has 1 aromatic carbocycles. The molecule has 0 atom stereocenters. The number of carboxylic acids is 1. The number of carbonyl (C=O) groups is 1. The summed E-state index contributed by atoms with van der Waals surface area (Å²) in [5.74, 6) is -0.331. The fourth-order valence-electron chi connectivity index (χ4n) is 2.98. The van der Waals surface area contributed by atoms with Crippen LogP contribution in [0.1, 0.15) is 21.9 Å². The van der Waals surface area contributed by atoms with Crippen LogP contribution < -0.4 is 5.43 Å². The topological polar surface area (TPSA) is 136 Å². The maximum Gasteiger partial charge on any atom is 0.371 e. The number of anilines is 1. The van der Waals surface area contributed by atoms with E-state index in [2.05, 4.69) is 15.5 Å². The molecule has 0 aliphatic rings. The number of aromatic carboxylic acids is 1. The van der Waals surface area contributed by atoms with Crippen LogP contribution in [0.5, 0.6) is 0 Å². The number of nitrogens with zero attached hydrogens (tertiary/aromatic N) is 4. The van der Waals surface area contributed by atoms with E-state index in [0.29, 0.717) is 18.1 Å². The molecular formula is C20H15N5O5. The lowest BCUT2D eigenvalue weighted by Crippen LogP contribution is -1.97. The molecule has 3 aromatic heterocycles. The molecule has 150 valence electrons. The minimum absolute atomic E-state index is 0.100. The van der Waals surface area contributed by atoms with Crippen molar-refractivity contribution >= 4 is 34.6 Å². The van der Waals surface area contributed by atoms with Crippen molar-refractivity contribution in [3.8, 4) is 0 Å². The highest BCUT2D eigenvalue weighted by Crippen LogP contribution is 2.22. The van der Waals surface area contributed by atoms with Crippen molar-refractivity contribution in [2.75, 3.05) is 5.43 Å². The van der Waals surface area contributed by atoms with Crippen LogP contribution in [0.25, 0.3) is 10.9 Å². The highest BCUT2D eigenvalue weighted by Gasteiger charge is 2.12.